The van der Waals surface area contributed by atoms with Crippen molar-refractivity contribution in [2.75, 3.05) is 5.32 Å². The summed E-state index contributed by atoms with van der Waals surface area (Å²) in [5.41, 5.74) is 3.72. The van der Waals surface area contributed by atoms with E-state index in [4.69, 9.17) is 0 Å². The van der Waals surface area contributed by atoms with Gasteiger partial charge in [-0.05, 0) is 49.2 Å². The van der Waals surface area contributed by atoms with Crippen LogP contribution in [0.25, 0.3) is 0 Å². The SMILES string of the molecule is Cc1ccc(C)c(Cn2cc(C(=O)Nc3cccc(F)c3)ccc2=O)c1. The van der Waals surface area contributed by atoms with Gasteiger partial charge in [0, 0.05) is 18.0 Å². The lowest BCUT2D eigenvalue weighted by Gasteiger charge is -2.11. The largest absolute Gasteiger partial charge is 0.322 e. The van der Waals surface area contributed by atoms with E-state index in [9.17, 15) is 14.0 Å². The van der Waals surface area contributed by atoms with E-state index in [0.29, 0.717) is 17.8 Å². The second-order valence-electron chi connectivity index (χ2n) is 6.28. The van der Waals surface area contributed by atoms with Gasteiger partial charge in [-0.3, -0.25) is 9.59 Å². The molecule has 4 nitrogen and oxygen atoms in total. The summed E-state index contributed by atoms with van der Waals surface area (Å²) in [6, 6.07) is 14.6. The third-order valence-electron chi connectivity index (χ3n) is 4.17. The van der Waals surface area contributed by atoms with Crippen LogP contribution in [0.3, 0.4) is 0 Å². The van der Waals surface area contributed by atoms with Crippen molar-refractivity contribution in [3.05, 3.63) is 99.2 Å². The highest BCUT2D eigenvalue weighted by molar-refractivity contribution is 6.04. The van der Waals surface area contributed by atoms with E-state index >= 15 is 0 Å². The van der Waals surface area contributed by atoms with Gasteiger partial charge >= 0.3 is 0 Å². The van der Waals surface area contributed by atoms with Crippen LogP contribution >= 0.6 is 0 Å². The zero-order valence-corrected chi connectivity index (χ0v) is 14.6. The molecule has 1 N–H and O–H groups in total. The van der Waals surface area contributed by atoms with Crippen LogP contribution in [0.4, 0.5) is 10.1 Å². The molecular weight excluding hydrogens is 331 g/mol. The first-order valence-corrected chi connectivity index (χ1v) is 8.26. The Morgan fingerprint density at radius 1 is 1.08 bits per heavy atom. The minimum absolute atomic E-state index is 0.187. The zero-order valence-electron chi connectivity index (χ0n) is 14.6. The first kappa shape index (κ1) is 17.6. The van der Waals surface area contributed by atoms with E-state index in [1.807, 2.05) is 32.0 Å². The normalized spacial score (nSPS) is 10.6. The highest BCUT2D eigenvalue weighted by Gasteiger charge is 2.10. The molecule has 0 unspecified atom stereocenters. The van der Waals surface area contributed by atoms with Gasteiger partial charge in [0.2, 0.25) is 0 Å². The summed E-state index contributed by atoms with van der Waals surface area (Å²) >= 11 is 0. The molecule has 0 fully saturated rings. The predicted octanol–water partition coefficient (Wildman–Crippen LogP) is 3.90. The number of hydrogen-bond donors (Lipinski definition) is 1. The van der Waals surface area contributed by atoms with Crippen molar-refractivity contribution in [2.45, 2.75) is 20.4 Å². The van der Waals surface area contributed by atoms with Crippen LogP contribution in [0.5, 0.6) is 0 Å². The number of rotatable bonds is 4. The van der Waals surface area contributed by atoms with Crippen LogP contribution in [0.1, 0.15) is 27.0 Å². The molecule has 0 radical (unpaired) electrons. The number of benzene rings is 2. The number of carbonyl (C=O) groups excluding carboxylic acids is 1. The number of amides is 1. The molecule has 1 amide bonds. The number of nitrogens with zero attached hydrogens (tertiary/aromatic N) is 1. The molecule has 3 aromatic rings. The Morgan fingerprint density at radius 2 is 1.88 bits per heavy atom. The van der Waals surface area contributed by atoms with Crippen molar-refractivity contribution in [2.24, 2.45) is 0 Å². The van der Waals surface area contributed by atoms with Gasteiger partial charge in [0.25, 0.3) is 11.5 Å². The number of anilines is 1. The van der Waals surface area contributed by atoms with Gasteiger partial charge in [-0.2, -0.15) is 0 Å². The molecule has 132 valence electrons. The third kappa shape index (κ3) is 4.06. The number of nitrogens with one attached hydrogen (secondary N) is 1. The smallest absolute Gasteiger partial charge is 0.257 e. The molecule has 1 aromatic heterocycles. The monoisotopic (exact) mass is 350 g/mol. The minimum atomic E-state index is -0.428. The Bertz CT molecular complexity index is 1020. The fourth-order valence-electron chi connectivity index (χ4n) is 2.71. The summed E-state index contributed by atoms with van der Waals surface area (Å²) in [5, 5.41) is 2.64. The highest BCUT2D eigenvalue weighted by atomic mass is 19.1. The van der Waals surface area contributed by atoms with Gasteiger partial charge in [-0.1, -0.05) is 29.8 Å². The van der Waals surface area contributed by atoms with E-state index in [-0.39, 0.29) is 5.56 Å². The van der Waals surface area contributed by atoms with E-state index in [0.717, 1.165) is 16.7 Å². The van der Waals surface area contributed by atoms with Gasteiger partial charge in [0.1, 0.15) is 5.82 Å². The van der Waals surface area contributed by atoms with Crippen LogP contribution in [-0.4, -0.2) is 10.5 Å². The molecular formula is C21H19FN2O2. The Hall–Kier alpha value is -3.21. The van der Waals surface area contributed by atoms with E-state index in [1.54, 1.807) is 6.07 Å². The number of aromatic nitrogens is 1. The fourth-order valence-corrected chi connectivity index (χ4v) is 2.71. The van der Waals surface area contributed by atoms with Crippen molar-refractivity contribution in [1.82, 2.24) is 4.57 Å². The topological polar surface area (TPSA) is 51.1 Å². The van der Waals surface area contributed by atoms with Crippen LogP contribution in [0.2, 0.25) is 0 Å². The molecule has 0 atom stereocenters. The van der Waals surface area contributed by atoms with Gasteiger partial charge in [-0.25, -0.2) is 4.39 Å². The number of hydrogen-bond acceptors (Lipinski definition) is 2. The summed E-state index contributed by atoms with van der Waals surface area (Å²) in [7, 11) is 0. The second-order valence-corrected chi connectivity index (χ2v) is 6.28. The molecule has 3 rings (SSSR count). The number of halogens is 1. The summed E-state index contributed by atoms with van der Waals surface area (Å²) in [5.74, 6) is -0.826. The Balaban J connectivity index is 1.86. The molecule has 1 heterocycles. The summed E-state index contributed by atoms with van der Waals surface area (Å²) in [6.45, 7) is 4.36. The van der Waals surface area contributed by atoms with Gasteiger partial charge in [-0.15, -0.1) is 0 Å². The van der Waals surface area contributed by atoms with Crippen LogP contribution in [0.15, 0.2) is 65.6 Å². The summed E-state index contributed by atoms with van der Waals surface area (Å²) in [4.78, 5) is 24.6. The maximum atomic E-state index is 13.3. The first-order valence-electron chi connectivity index (χ1n) is 8.26. The summed E-state index contributed by atoms with van der Waals surface area (Å²) in [6.07, 6.45) is 1.53. The Morgan fingerprint density at radius 3 is 2.65 bits per heavy atom. The van der Waals surface area contributed by atoms with Crippen molar-refractivity contribution >= 4 is 11.6 Å². The molecule has 0 saturated carbocycles. The van der Waals surface area contributed by atoms with E-state index < -0.39 is 11.7 Å². The van der Waals surface area contributed by atoms with Crippen molar-refractivity contribution in [3.8, 4) is 0 Å². The van der Waals surface area contributed by atoms with E-state index in [1.165, 1.54) is 41.1 Å². The maximum Gasteiger partial charge on any atom is 0.257 e. The fraction of sp³-hybridized carbons (Fsp3) is 0.143. The van der Waals surface area contributed by atoms with E-state index in [2.05, 4.69) is 5.32 Å². The lowest BCUT2D eigenvalue weighted by Crippen LogP contribution is -2.23. The minimum Gasteiger partial charge on any atom is -0.322 e. The lowest BCUT2D eigenvalue weighted by atomic mass is 10.1. The molecule has 0 bridgehead atoms. The van der Waals surface area contributed by atoms with Crippen molar-refractivity contribution < 1.29 is 9.18 Å². The van der Waals surface area contributed by atoms with Crippen LogP contribution < -0.4 is 10.9 Å². The van der Waals surface area contributed by atoms with Gasteiger partial charge < -0.3 is 9.88 Å². The first-order chi connectivity index (χ1) is 12.4. The molecule has 5 heteroatoms. The molecule has 0 spiro atoms. The summed E-state index contributed by atoms with van der Waals surface area (Å²) < 4.78 is 14.8. The standard InChI is InChI=1S/C21H19FN2O2/c1-14-6-7-15(2)17(10-14)13-24-12-16(8-9-20(24)25)21(26)23-19-5-3-4-18(22)11-19/h3-12H,13H2,1-2H3,(H,23,26). The predicted molar refractivity (Wildman–Crippen MR) is 100 cm³/mol. The quantitative estimate of drug-likeness (QED) is 0.776. The second kappa shape index (κ2) is 7.35. The average molecular weight is 350 g/mol. The van der Waals surface area contributed by atoms with Gasteiger partial charge in [0.15, 0.2) is 0 Å². The number of carbonyl (C=O) groups is 1. The molecule has 2 aromatic carbocycles. The zero-order chi connectivity index (χ0) is 18.7. The molecule has 26 heavy (non-hydrogen) atoms. The molecule has 0 aliphatic rings. The van der Waals surface area contributed by atoms with Crippen LogP contribution in [-0.2, 0) is 6.54 Å². The Labute approximate surface area is 150 Å². The number of aryl methyl sites for hydroxylation is 2. The van der Waals surface area contributed by atoms with Crippen molar-refractivity contribution in [1.29, 1.82) is 0 Å². The van der Waals surface area contributed by atoms with Crippen LogP contribution in [0, 0.1) is 19.7 Å². The molecule has 0 saturated heterocycles. The molecule has 0 aliphatic heterocycles. The molecule has 0 aliphatic carbocycles. The number of pyridine rings is 1. The lowest BCUT2D eigenvalue weighted by molar-refractivity contribution is 0.102. The Kier molecular flexibility index (Phi) is 4.98. The maximum absolute atomic E-state index is 13.3. The average Bonchev–Trinajstić information content (AvgIpc) is 2.60. The third-order valence-corrected chi connectivity index (χ3v) is 4.17. The highest BCUT2D eigenvalue weighted by Crippen LogP contribution is 2.13. The van der Waals surface area contributed by atoms with Crippen molar-refractivity contribution in [3.63, 3.8) is 0 Å². The van der Waals surface area contributed by atoms with Gasteiger partial charge in [0.05, 0.1) is 12.1 Å².